The van der Waals surface area contributed by atoms with E-state index in [2.05, 4.69) is 20.6 Å². The molecule has 1 aromatic heterocycles. The molecular formula is C12H18N8S. The van der Waals surface area contributed by atoms with Crippen molar-refractivity contribution in [2.75, 3.05) is 23.0 Å². The molecule has 1 aliphatic rings. The molecule has 0 bridgehead atoms. The zero-order valence-corrected chi connectivity index (χ0v) is 12.4. The highest BCUT2D eigenvalue weighted by molar-refractivity contribution is 8.13. The summed E-state index contributed by atoms with van der Waals surface area (Å²) in [6, 6.07) is 0.488. The normalized spacial score (nSPS) is 14.6. The van der Waals surface area contributed by atoms with Gasteiger partial charge in [-0.05, 0) is 19.1 Å². The molecule has 0 aromatic carbocycles. The van der Waals surface area contributed by atoms with Gasteiger partial charge in [0.1, 0.15) is 16.7 Å². The fraction of sp³-hybridized carbons (Fsp3) is 0.333. The Morgan fingerprint density at radius 3 is 2.43 bits per heavy atom. The smallest absolute Gasteiger partial charge is 0.231 e. The summed E-state index contributed by atoms with van der Waals surface area (Å²) in [4.78, 5) is 8.17. The first-order valence-electron chi connectivity index (χ1n) is 6.34. The molecular weight excluding hydrogens is 288 g/mol. The van der Waals surface area contributed by atoms with Crippen LogP contribution in [-0.4, -0.2) is 33.5 Å². The van der Waals surface area contributed by atoms with Gasteiger partial charge in [0, 0.05) is 18.5 Å². The van der Waals surface area contributed by atoms with Crippen LogP contribution < -0.4 is 22.1 Å². The molecule has 1 fully saturated rings. The minimum Gasteiger partial charge on any atom is -0.386 e. The Labute approximate surface area is 126 Å². The number of thioether (sulfide) groups is 1. The second-order valence-electron chi connectivity index (χ2n) is 4.54. The molecule has 2 rings (SSSR count). The predicted octanol–water partition coefficient (Wildman–Crippen LogP) is 0.984. The van der Waals surface area contributed by atoms with E-state index in [0.717, 1.165) is 19.1 Å². The molecule has 1 heterocycles. The Bertz CT molecular complexity index is 570. The summed E-state index contributed by atoms with van der Waals surface area (Å²) < 4.78 is 0. The topological polar surface area (TPSA) is 150 Å². The number of hydrogen-bond donors (Lipinski definition) is 6. The molecule has 0 radical (unpaired) electrons. The maximum Gasteiger partial charge on any atom is 0.231 e. The number of nitrogens with two attached hydrogens (primary N) is 2. The van der Waals surface area contributed by atoms with E-state index in [1.807, 2.05) is 0 Å². The third-order valence-electron chi connectivity index (χ3n) is 2.86. The van der Waals surface area contributed by atoms with Crippen LogP contribution in [0.2, 0.25) is 0 Å². The van der Waals surface area contributed by atoms with E-state index in [-0.39, 0.29) is 22.6 Å². The van der Waals surface area contributed by atoms with Gasteiger partial charge in [0.2, 0.25) is 5.95 Å². The first-order valence-corrected chi connectivity index (χ1v) is 7.57. The van der Waals surface area contributed by atoms with E-state index in [9.17, 15) is 0 Å². The van der Waals surface area contributed by atoms with Gasteiger partial charge in [0.25, 0.3) is 0 Å². The maximum absolute atomic E-state index is 7.77. The molecule has 0 aliphatic heterocycles. The summed E-state index contributed by atoms with van der Waals surface area (Å²) in [5, 5.41) is 21.4. The zero-order valence-electron chi connectivity index (χ0n) is 11.6. The van der Waals surface area contributed by atoms with Gasteiger partial charge in [-0.15, -0.1) is 11.8 Å². The fourth-order valence-corrected chi connectivity index (χ4v) is 2.00. The highest BCUT2D eigenvalue weighted by Crippen LogP contribution is 2.23. The van der Waals surface area contributed by atoms with E-state index >= 15 is 0 Å². The van der Waals surface area contributed by atoms with E-state index in [1.54, 1.807) is 12.5 Å². The van der Waals surface area contributed by atoms with Crippen molar-refractivity contribution >= 4 is 40.6 Å². The van der Waals surface area contributed by atoms with E-state index in [4.69, 9.17) is 22.3 Å². The molecule has 0 spiro atoms. The molecule has 8 nitrogen and oxygen atoms in total. The van der Waals surface area contributed by atoms with Gasteiger partial charge in [0.15, 0.2) is 0 Å². The quantitative estimate of drug-likeness (QED) is 0.339. The molecule has 0 saturated heterocycles. The third kappa shape index (κ3) is 3.85. The average Bonchev–Trinajstić information content (AvgIpc) is 3.26. The van der Waals surface area contributed by atoms with Crippen LogP contribution in [0.15, 0.2) is 11.9 Å². The molecule has 1 saturated carbocycles. The highest BCUT2D eigenvalue weighted by Gasteiger charge is 2.19. The van der Waals surface area contributed by atoms with Crippen molar-refractivity contribution in [2.24, 2.45) is 0 Å². The van der Waals surface area contributed by atoms with Crippen LogP contribution in [0.1, 0.15) is 18.4 Å². The van der Waals surface area contributed by atoms with Crippen LogP contribution in [0, 0.1) is 10.8 Å². The number of nitrogens with one attached hydrogen (secondary N) is 4. The molecule has 1 aromatic rings. The Morgan fingerprint density at radius 2 is 1.95 bits per heavy atom. The minimum atomic E-state index is 0.142. The van der Waals surface area contributed by atoms with Gasteiger partial charge >= 0.3 is 0 Å². The molecule has 0 amide bonds. The zero-order chi connectivity index (χ0) is 15.4. The number of nitrogen functional groups attached to an aromatic ring is 2. The van der Waals surface area contributed by atoms with Gasteiger partial charge in [-0.2, -0.15) is 9.97 Å². The largest absolute Gasteiger partial charge is 0.386 e. The average molecular weight is 306 g/mol. The molecule has 0 unspecified atom stereocenters. The maximum atomic E-state index is 7.77. The van der Waals surface area contributed by atoms with Crippen molar-refractivity contribution in [2.45, 2.75) is 18.9 Å². The second-order valence-corrected chi connectivity index (χ2v) is 5.35. The lowest BCUT2D eigenvalue weighted by Gasteiger charge is -2.11. The lowest BCUT2D eigenvalue weighted by Crippen LogP contribution is -2.15. The summed E-state index contributed by atoms with van der Waals surface area (Å²) in [6.07, 6.45) is 6.90. The van der Waals surface area contributed by atoms with E-state index < -0.39 is 0 Å². The van der Waals surface area contributed by atoms with Gasteiger partial charge in [0.05, 0.1) is 11.3 Å². The Balaban J connectivity index is 2.18. The molecule has 112 valence electrons. The van der Waals surface area contributed by atoms with Crippen molar-refractivity contribution in [3.8, 4) is 0 Å². The van der Waals surface area contributed by atoms with Crippen molar-refractivity contribution in [3.63, 3.8) is 0 Å². The van der Waals surface area contributed by atoms with Crippen molar-refractivity contribution in [1.29, 1.82) is 10.8 Å². The standard InChI is InChI=1S/C12H18N8S/c1-21-11(16)8-9(14)19-12(20-10(8)15)18-7(4-13)5-17-6-2-3-6/h4-6,13,16-17H,2-3H2,1H3,(H5,14,15,18,19,20)/b7-5+,13-4?,16-11?. The Hall–Kier alpha value is -2.29. The molecule has 9 heteroatoms. The molecule has 1 aliphatic carbocycles. The summed E-state index contributed by atoms with van der Waals surface area (Å²) in [6.45, 7) is 0. The van der Waals surface area contributed by atoms with Crippen LogP contribution in [0.5, 0.6) is 0 Å². The number of hydrogen-bond acceptors (Lipinski definition) is 9. The highest BCUT2D eigenvalue weighted by atomic mass is 32.2. The number of allylic oxidation sites excluding steroid dienone is 1. The van der Waals surface area contributed by atoms with Crippen LogP contribution in [0.25, 0.3) is 0 Å². The van der Waals surface area contributed by atoms with Crippen molar-refractivity contribution < 1.29 is 0 Å². The van der Waals surface area contributed by atoms with E-state index in [0.29, 0.717) is 17.3 Å². The summed E-state index contributed by atoms with van der Waals surface area (Å²) in [7, 11) is 0. The van der Waals surface area contributed by atoms with Gasteiger partial charge in [-0.1, -0.05) is 0 Å². The fourth-order valence-electron chi connectivity index (χ4n) is 1.59. The third-order valence-corrected chi connectivity index (χ3v) is 3.47. The Kier molecular flexibility index (Phi) is 4.63. The van der Waals surface area contributed by atoms with Crippen molar-refractivity contribution in [1.82, 2.24) is 15.3 Å². The molecule has 0 atom stereocenters. The lowest BCUT2D eigenvalue weighted by atomic mass is 10.3. The first kappa shape index (κ1) is 15.1. The van der Waals surface area contributed by atoms with Gasteiger partial charge in [-0.3, -0.25) is 5.41 Å². The molecule has 21 heavy (non-hydrogen) atoms. The number of rotatable bonds is 6. The van der Waals surface area contributed by atoms with Gasteiger partial charge in [-0.25, -0.2) is 0 Å². The second kappa shape index (κ2) is 6.44. The summed E-state index contributed by atoms with van der Waals surface area (Å²) >= 11 is 1.21. The minimum absolute atomic E-state index is 0.142. The Morgan fingerprint density at radius 1 is 1.33 bits per heavy atom. The van der Waals surface area contributed by atoms with Crippen molar-refractivity contribution in [3.05, 3.63) is 17.5 Å². The summed E-state index contributed by atoms with van der Waals surface area (Å²) in [5.41, 5.74) is 12.5. The monoisotopic (exact) mass is 306 g/mol. The van der Waals surface area contributed by atoms with Crippen LogP contribution >= 0.6 is 11.8 Å². The lowest BCUT2D eigenvalue weighted by molar-refractivity contribution is 0.858. The van der Waals surface area contributed by atoms with Crippen LogP contribution in [-0.2, 0) is 0 Å². The number of aromatic nitrogens is 2. The van der Waals surface area contributed by atoms with E-state index in [1.165, 1.54) is 11.8 Å². The SMILES string of the molecule is CSC(=N)c1c(N)nc(N/C(C=N)=C/NC2CC2)nc1N. The first-order chi connectivity index (χ1) is 10.0. The summed E-state index contributed by atoms with van der Waals surface area (Å²) in [5.74, 6) is 0.489. The van der Waals surface area contributed by atoms with Gasteiger partial charge < -0.3 is 27.5 Å². The van der Waals surface area contributed by atoms with Crippen LogP contribution in [0.3, 0.4) is 0 Å². The predicted molar refractivity (Wildman–Crippen MR) is 87.8 cm³/mol. The number of anilines is 3. The van der Waals surface area contributed by atoms with Crippen LogP contribution in [0.4, 0.5) is 17.6 Å². The molecule has 8 N–H and O–H groups in total. The number of nitrogens with zero attached hydrogens (tertiary/aromatic N) is 2.